The van der Waals surface area contributed by atoms with Crippen LogP contribution in [0.25, 0.3) is 0 Å². The Morgan fingerprint density at radius 2 is 1.75 bits per heavy atom. The Kier molecular flexibility index (Phi) is 4.45. The van der Waals surface area contributed by atoms with E-state index < -0.39 is 0 Å². The zero-order chi connectivity index (χ0) is 14.5. The lowest BCUT2D eigenvalue weighted by Crippen LogP contribution is -2.17. The molecule has 106 valence electrons. The van der Waals surface area contributed by atoms with E-state index in [9.17, 15) is 4.79 Å². The van der Waals surface area contributed by atoms with Crippen LogP contribution in [0.2, 0.25) is 0 Å². The summed E-state index contributed by atoms with van der Waals surface area (Å²) >= 11 is 0. The van der Waals surface area contributed by atoms with Crippen molar-refractivity contribution in [1.29, 1.82) is 0 Å². The topological polar surface area (TPSA) is 54.3 Å². The first-order chi connectivity index (χ1) is 9.54. The lowest BCUT2D eigenvalue weighted by molar-refractivity contribution is -0.118. The molecule has 1 amide bonds. The maximum absolute atomic E-state index is 11.6. The molecule has 0 aliphatic carbocycles. The van der Waals surface area contributed by atoms with E-state index in [2.05, 4.69) is 10.6 Å². The van der Waals surface area contributed by atoms with Gasteiger partial charge in [0.1, 0.15) is 11.5 Å². The highest BCUT2D eigenvalue weighted by Crippen LogP contribution is 2.16. The number of amides is 1. The lowest BCUT2D eigenvalue weighted by Gasteiger charge is -2.09. The minimum Gasteiger partial charge on any atom is -0.465 e. The molecular weight excluding hydrogens is 252 g/mol. The molecule has 20 heavy (non-hydrogen) atoms. The first-order valence-corrected chi connectivity index (χ1v) is 6.74. The summed E-state index contributed by atoms with van der Waals surface area (Å²) in [5.41, 5.74) is 1.80. The van der Waals surface area contributed by atoms with Gasteiger partial charge in [0, 0.05) is 17.3 Å². The number of rotatable bonds is 5. The largest absolute Gasteiger partial charge is 0.465 e. The molecule has 0 radical (unpaired) electrons. The summed E-state index contributed by atoms with van der Waals surface area (Å²) in [6.07, 6.45) is 0. The van der Waals surface area contributed by atoms with Crippen LogP contribution >= 0.6 is 0 Å². The number of furan rings is 1. The van der Waals surface area contributed by atoms with Gasteiger partial charge in [0.25, 0.3) is 0 Å². The molecule has 1 aromatic heterocycles. The number of hydrogen-bond acceptors (Lipinski definition) is 3. The van der Waals surface area contributed by atoms with Crippen LogP contribution in [-0.4, -0.2) is 5.91 Å². The van der Waals surface area contributed by atoms with E-state index in [0.29, 0.717) is 6.54 Å². The number of hydrogen-bond donors (Lipinski definition) is 2. The van der Waals surface area contributed by atoms with Gasteiger partial charge in [0.2, 0.25) is 5.91 Å². The minimum atomic E-state index is -0.0185. The van der Waals surface area contributed by atoms with Crippen LogP contribution in [0, 0.1) is 12.8 Å². The van der Waals surface area contributed by atoms with Crippen molar-refractivity contribution in [2.75, 3.05) is 10.6 Å². The summed E-state index contributed by atoms with van der Waals surface area (Å²) in [4.78, 5) is 11.6. The predicted molar refractivity (Wildman–Crippen MR) is 80.7 cm³/mol. The van der Waals surface area contributed by atoms with Crippen LogP contribution in [0.15, 0.2) is 40.8 Å². The van der Waals surface area contributed by atoms with Gasteiger partial charge in [-0.1, -0.05) is 13.8 Å². The van der Waals surface area contributed by atoms with Gasteiger partial charge >= 0.3 is 0 Å². The average molecular weight is 272 g/mol. The van der Waals surface area contributed by atoms with E-state index in [4.69, 9.17) is 4.42 Å². The summed E-state index contributed by atoms with van der Waals surface area (Å²) in [5, 5.41) is 6.13. The average Bonchev–Trinajstić information content (AvgIpc) is 2.83. The van der Waals surface area contributed by atoms with Gasteiger partial charge in [-0.05, 0) is 43.3 Å². The highest BCUT2D eigenvalue weighted by Gasteiger charge is 2.06. The molecular formula is C16H20N2O2. The molecule has 0 bridgehead atoms. The fourth-order valence-corrected chi connectivity index (χ4v) is 1.73. The van der Waals surface area contributed by atoms with Crippen molar-refractivity contribution < 1.29 is 9.21 Å². The molecule has 1 heterocycles. The molecule has 2 N–H and O–H groups in total. The summed E-state index contributed by atoms with van der Waals surface area (Å²) in [6, 6.07) is 11.5. The first-order valence-electron chi connectivity index (χ1n) is 6.74. The number of nitrogens with one attached hydrogen (secondary N) is 2. The van der Waals surface area contributed by atoms with Gasteiger partial charge in [0.05, 0.1) is 6.54 Å². The van der Waals surface area contributed by atoms with Crippen molar-refractivity contribution in [3.05, 3.63) is 47.9 Å². The molecule has 0 aliphatic heterocycles. The summed E-state index contributed by atoms with van der Waals surface area (Å²) in [5.74, 6) is 1.82. The second kappa shape index (κ2) is 6.28. The standard InChI is InChI=1S/C16H20N2O2/c1-11(2)16(19)18-14-7-5-13(6-8-14)17-10-15-9-4-12(3)20-15/h4-9,11,17H,10H2,1-3H3,(H,18,19). The molecule has 0 spiro atoms. The molecule has 4 nitrogen and oxygen atoms in total. The molecule has 0 saturated carbocycles. The predicted octanol–water partition coefficient (Wildman–Crippen LogP) is 3.79. The highest BCUT2D eigenvalue weighted by atomic mass is 16.3. The SMILES string of the molecule is Cc1ccc(CNc2ccc(NC(=O)C(C)C)cc2)o1. The van der Waals surface area contributed by atoms with E-state index in [1.807, 2.05) is 57.2 Å². The summed E-state index contributed by atoms with van der Waals surface area (Å²) in [7, 11) is 0. The van der Waals surface area contributed by atoms with E-state index in [-0.39, 0.29) is 11.8 Å². The molecule has 0 aliphatic rings. The number of aryl methyl sites for hydroxylation is 1. The van der Waals surface area contributed by atoms with Gasteiger partial charge in [-0.2, -0.15) is 0 Å². The van der Waals surface area contributed by atoms with Crippen molar-refractivity contribution in [1.82, 2.24) is 0 Å². The summed E-state index contributed by atoms with van der Waals surface area (Å²) in [6.45, 7) is 6.31. The van der Waals surface area contributed by atoms with Crippen molar-refractivity contribution in [3.8, 4) is 0 Å². The van der Waals surface area contributed by atoms with Crippen LogP contribution in [-0.2, 0) is 11.3 Å². The molecule has 0 saturated heterocycles. The Hall–Kier alpha value is -2.23. The van der Waals surface area contributed by atoms with Gasteiger partial charge in [-0.25, -0.2) is 0 Å². The van der Waals surface area contributed by atoms with Crippen LogP contribution < -0.4 is 10.6 Å². The van der Waals surface area contributed by atoms with E-state index in [0.717, 1.165) is 22.9 Å². The van der Waals surface area contributed by atoms with E-state index in [1.54, 1.807) is 0 Å². The zero-order valence-electron chi connectivity index (χ0n) is 12.1. The van der Waals surface area contributed by atoms with Crippen LogP contribution in [0.5, 0.6) is 0 Å². The molecule has 2 aromatic rings. The van der Waals surface area contributed by atoms with Crippen LogP contribution in [0.1, 0.15) is 25.4 Å². The Morgan fingerprint density at radius 1 is 1.10 bits per heavy atom. The van der Waals surface area contributed by atoms with Gasteiger partial charge in [-0.3, -0.25) is 4.79 Å². The Bertz CT molecular complexity index is 570. The number of anilines is 2. The smallest absolute Gasteiger partial charge is 0.226 e. The second-order valence-electron chi connectivity index (χ2n) is 5.09. The second-order valence-corrected chi connectivity index (χ2v) is 5.09. The quantitative estimate of drug-likeness (QED) is 0.870. The van der Waals surface area contributed by atoms with E-state index in [1.165, 1.54) is 0 Å². The lowest BCUT2D eigenvalue weighted by atomic mass is 10.2. The van der Waals surface area contributed by atoms with Crippen LogP contribution in [0.4, 0.5) is 11.4 Å². The van der Waals surface area contributed by atoms with Crippen molar-refractivity contribution in [3.63, 3.8) is 0 Å². The molecule has 2 rings (SSSR count). The Labute approximate surface area is 119 Å². The van der Waals surface area contributed by atoms with Crippen LogP contribution in [0.3, 0.4) is 0 Å². The van der Waals surface area contributed by atoms with Crippen molar-refractivity contribution in [2.24, 2.45) is 5.92 Å². The molecule has 0 unspecified atom stereocenters. The third-order valence-corrected chi connectivity index (χ3v) is 2.94. The van der Waals surface area contributed by atoms with E-state index >= 15 is 0 Å². The monoisotopic (exact) mass is 272 g/mol. The number of benzene rings is 1. The Balaban J connectivity index is 1.89. The number of carbonyl (C=O) groups excluding carboxylic acids is 1. The maximum atomic E-state index is 11.6. The fraction of sp³-hybridized carbons (Fsp3) is 0.312. The zero-order valence-corrected chi connectivity index (χ0v) is 12.1. The normalized spacial score (nSPS) is 10.6. The molecule has 1 aromatic carbocycles. The number of carbonyl (C=O) groups is 1. The molecule has 0 fully saturated rings. The summed E-state index contributed by atoms with van der Waals surface area (Å²) < 4.78 is 5.49. The minimum absolute atomic E-state index is 0.0185. The first kappa shape index (κ1) is 14.2. The fourth-order valence-electron chi connectivity index (χ4n) is 1.73. The Morgan fingerprint density at radius 3 is 2.30 bits per heavy atom. The molecule has 4 heteroatoms. The third kappa shape index (κ3) is 3.88. The van der Waals surface area contributed by atoms with Crippen molar-refractivity contribution in [2.45, 2.75) is 27.3 Å². The maximum Gasteiger partial charge on any atom is 0.226 e. The van der Waals surface area contributed by atoms with Gasteiger partial charge in [0.15, 0.2) is 0 Å². The third-order valence-electron chi connectivity index (χ3n) is 2.94. The highest BCUT2D eigenvalue weighted by molar-refractivity contribution is 5.92. The van der Waals surface area contributed by atoms with Gasteiger partial charge < -0.3 is 15.1 Å². The molecule has 0 atom stereocenters. The van der Waals surface area contributed by atoms with Gasteiger partial charge in [-0.15, -0.1) is 0 Å². The van der Waals surface area contributed by atoms with Crippen molar-refractivity contribution >= 4 is 17.3 Å².